The highest BCUT2D eigenvalue weighted by molar-refractivity contribution is 7.88. The lowest BCUT2D eigenvalue weighted by Gasteiger charge is -2.40. The third-order valence-corrected chi connectivity index (χ3v) is 6.98. The Morgan fingerprint density at radius 2 is 1.87 bits per heavy atom. The minimum Gasteiger partial charge on any atom is -0.339 e. The third-order valence-electron chi connectivity index (χ3n) is 4.93. The first-order chi connectivity index (χ1) is 11.0. The van der Waals surface area contributed by atoms with Gasteiger partial charge in [-0.15, -0.1) is 0 Å². The van der Waals surface area contributed by atoms with E-state index in [4.69, 9.17) is 0 Å². The molecule has 2 heterocycles. The van der Waals surface area contributed by atoms with E-state index in [1.165, 1.54) is 17.6 Å². The van der Waals surface area contributed by atoms with Crippen LogP contribution in [-0.2, 0) is 10.0 Å². The number of thiophene rings is 1. The summed E-state index contributed by atoms with van der Waals surface area (Å²) in [7, 11) is -3.19. The standard InChI is InChI=1S/C16H24N2O3S2/c1-23(20,21)18(14-4-2-5-14)15-6-3-9-17(10-7-15)16(19)13-8-11-22-12-13/h8,11-12,14-15H,2-7,9-10H2,1H3. The van der Waals surface area contributed by atoms with Crippen LogP contribution in [0.1, 0.15) is 48.9 Å². The van der Waals surface area contributed by atoms with Crippen molar-refractivity contribution in [3.8, 4) is 0 Å². The number of sulfonamides is 1. The number of likely N-dealkylation sites (tertiary alicyclic amines) is 1. The number of carbonyl (C=O) groups is 1. The predicted molar refractivity (Wildman–Crippen MR) is 92.2 cm³/mol. The summed E-state index contributed by atoms with van der Waals surface area (Å²) in [5.74, 6) is 0.0708. The first-order valence-corrected chi connectivity index (χ1v) is 11.1. The summed E-state index contributed by atoms with van der Waals surface area (Å²) in [5.41, 5.74) is 0.743. The first kappa shape index (κ1) is 16.9. The molecule has 0 spiro atoms. The van der Waals surface area contributed by atoms with E-state index in [1.54, 1.807) is 4.31 Å². The number of carbonyl (C=O) groups excluding carboxylic acids is 1. The van der Waals surface area contributed by atoms with E-state index in [2.05, 4.69) is 0 Å². The predicted octanol–water partition coefficient (Wildman–Crippen LogP) is 2.56. The maximum atomic E-state index is 12.5. The van der Waals surface area contributed by atoms with Gasteiger partial charge in [0.1, 0.15) is 0 Å². The van der Waals surface area contributed by atoms with Crippen LogP contribution < -0.4 is 0 Å². The zero-order chi connectivity index (χ0) is 16.4. The number of hydrogen-bond donors (Lipinski definition) is 0. The highest BCUT2D eigenvalue weighted by Gasteiger charge is 2.37. The van der Waals surface area contributed by atoms with E-state index >= 15 is 0 Å². The topological polar surface area (TPSA) is 57.7 Å². The third kappa shape index (κ3) is 3.78. The van der Waals surface area contributed by atoms with Gasteiger partial charge in [0.05, 0.1) is 11.8 Å². The molecule has 0 radical (unpaired) electrons. The maximum absolute atomic E-state index is 12.5. The van der Waals surface area contributed by atoms with E-state index in [0.29, 0.717) is 13.1 Å². The molecule has 1 aliphatic carbocycles. The van der Waals surface area contributed by atoms with Crippen LogP contribution >= 0.6 is 11.3 Å². The van der Waals surface area contributed by atoms with E-state index in [-0.39, 0.29) is 18.0 Å². The normalized spacial score (nSPS) is 23.6. The molecule has 3 rings (SSSR count). The van der Waals surface area contributed by atoms with Crippen LogP contribution in [0.3, 0.4) is 0 Å². The van der Waals surface area contributed by atoms with Crippen LogP contribution in [0.5, 0.6) is 0 Å². The van der Waals surface area contributed by atoms with Crippen LogP contribution in [-0.4, -0.2) is 55.0 Å². The molecule has 1 aromatic rings. The zero-order valence-electron chi connectivity index (χ0n) is 13.5. The zero-order valence-corrected chi connectivity index (χ0v) is 15.1. The van der Waals surface area contributed by atoms with Gasteiger partial charge < -0.3 is 4.90 Å². The van der Waals surface area contributed by atoms with Crippen molar-refractivity contribution in [1.82, 2.24) is 9.21 Å². The largest absolute Gasteiger partial charge is 0.339 e. The molecule has 1 aromatic heterocycles. The first-order valence-electron chi connectivity index (χ1n) is 8.27. The van der Waals surface area contributed by atoms with E-state index < -0.39 is 10.0 Å². The number of nitrogens with zero attached hydrogens (tertiary/aromatic N) is 2. The quantitative estimate of drug-likeness (QED) is 0.833. The lowest BCUT2D eigenvalue weighted by molar-refractivity contribution is 0.0758. The Bertz CT molecular complexity index is 638. The van der Waals surface area contributed by atoms with Crippen LogP contribution in [0.15, 0.2) is 16.8 Å². The van der Waals surface area contributed by atoms with E-state index in [0.717, 1.165) is 44.1 Å². The van der Waals surface area contributed by atoms with Crippen LogP contribution in [0.4, 0.5) is 0 Å². The Balaban J connectivity index is 1.69. The summed E-state index contributed by atoms with van der Waals surface area (Å²) >= 11 is 1.53. The van der Waals surface area contributed by atoms with Crippen molar-refractivity contribution >= 4 is 27.3 Å². The lowest BCUT2D eigenvalue weighted by atomic mass is 9.91. The second-order valence-electron chi connectivity index (χ2n) is 6.57. The lowest BCUT2D eigenvalue weighted by Crippen LogP contribution is -2.49. The molecule has 7 heteroatoms. The highest BCUT2D eigenvalue weighted by Crippen LogP contribution is 2.32. The van der Waals surface area contributed by atoms with Gasteiger partial charge in [0.15, 0.2) is 0 Å². The Morgan fingerprint density at radius 3 is 2.43 bits per heavy atom. The summed E-state index contributed by atoms with van der Waals surface area (Å²) in [6.45, 7) is 1.35. The second kappa shape index (κ2) is 6.91. The fourth-order valence-electron chi connectivity index (χ4n) is 3.59. The number of rotatable bonds is 4. The Kier molecular flexibility index (Phi) is 5.08. The molecule has 1 aliphatic heterocycles. The summed E-state index contributed by atoms with van der Waals surface area (Å²) < 4.78 is 26.2. The van der Waals surface area contributed by atoms with Crippen molar-refractivity contribution in [2.45, 2.75) is 50.6 Å². The van der Waals surface area contributed by atoms with E-state index in [1.807, 2.05) is 21.7 Å². The second-order valence-corrected chi connectivity index (χ2v) is 9.23. The van der Waals surface area contributed by atoms with Gasteiger partial charge in [0.2, 0.25) is 10.0 Å². The summed E-state index contributed by atoms with van der Waals surface area (Å²) in [6, 6.07) is 2.07. The van der Waals surface area contributed by atoms with Crippen LogP contribution in [0.2, 0.25) is 0 Å². The summed E-state index contributed by atoms with van der Waals surface area (Å²) in [5, 5.41) is 3.79. The molecular weight excluding hydrogens is 332 g/mol. The van der Waals surface area contributed by atoms with Crippen molar-refractivity contribution in [2.24, 2.45) is 0 Å². The van der Waals surface area contributed by atoms with Gasteiger partial charge in [0.25, 0.3) is 5.91 Å². The number of hydrogen-bond acceptors (Lipinski definition) is 4. The fraction of sp³-hybridized carbons (Fsp3) is 0.688. The molecule has 23 heavy (non-hydrogen) atoms. The highest BCUT2D eigenvalue weighted by atomic mass is 32.2. The molecule has 2 fully saturated rings. The van der Waals surface area contributed by atoms with Crippen LogP contribution in [0, 0.1) is 0 Å². The fourth-order valence-corrected chi connectivity index (χ4v) is 5.72. The minimum absolute atomic E-state index is 0.0376. The molecule has 5 nitrogen and oxygen atoms in total. The average Bonchev–Trinajstić information content (AvgIpc) is 2.86. The molecule has 2 aliphatic rings. The molecule has 0 aromatic carbocycles. The molecule has 1 unspecified atom stereocenters. The Labute approximate surface area is 142 Å². The molecule has 1 saturated heterocycles. The molecule has 0 bridgehead atoms. The molecule has 0 N–H and O–H groups in total. The van der Waals surface area contributed by atoms with Gasteiger partial charge in [0, 0.05) is 30.6 Å². The van der Waals surface area contributed by atoms with Crippen LogP contribution in [0.25, 0.3) is 0 Å². The number of amides is 1. The SMILES string of the molecule is CS(=O)(=O)N(C1CCC1)C1CCCN(C(=O)c2ccsc2)CC1. The van der Waals surface area contributed by atoms with Gasteiger partial charge >= 0.3 is 0 Å². The Morgan fingerprint density at radius 1 is 1.17 bits per heavy atom. The van der Waals surface area contributed by atoms with E-state index in [9.17, 15) is 13.2 Å². The van der Waals surface area contributed by atoms with Crippen molar-refractivity contribution in [3.05, 3.63) is 22.4 Å². The molecule has 1 saturated carbocycles. The van der Waals surface area contributed by atoms with Gasteiger partial charge in [-0.1, -0.05) is 6.42 Å². The smallest absolute Gasteiger partial charge is 0.254 e. The summed E-state index contributed by atoms with van der Waals surface area (Å²) in [4.78, 5) is 14.4. The Hall–Kier alpha value is -0.920. The van der Waals surface area contributed by atoms with Crippen molar-refractivity contribution in [1.29, 1.82) is 0 Å². The van der Waals surface area contributed by atoms with Gasteiger partial charge in [-0.3, -0.25) is 4.79 Å². The van der Waals surface area contributed by atoms with Crippen molar-refractivity contribution in [3.63, 3.8) is 0 Å². The maximum Gasteiger partial charge on any atom is 0.254 e. The summed E-state index contributed by atoms with van der Waals surface area (Å²) in [6.07, 6.45) is 6.83. The monoisotopic (exact) mass is 356 g/mol. The van der Waals surface area contributed by atoms with Gasteiger partial charge in [-0.05, 0) is 43.6 Å². The average molecular weight is 357 g/mol. The van der Waals surface area contributed by atoms with Gasteiger partial charge in [-0.2, -0.15) is 15.6 Å². The molecule has 128 valence electrons. The van der Waals surface area contributed by atoms with Gasteiger partial charge in [-0.25, -0.2) is 8.42 Å². The minimum atomic E-state index is -3.19. The molecular formula is C16H24N2O3S2. The van der Waals surface area contributed by atoms with Crippen molar-refractivity contribution in [2.75, 3.05) is 19.3 Å². The van der Waals surface area contributed by atoms with Crippen molar-refractivity contribution < 1.29 is 13.2 Å². The molecule has 1 amide bonds. The molecule has 1 atom stereocenters.